The maximum atomic E-state index is 13.0. The van der Waals surface area contributed by atoms with Crippen LogP contribution in [0.1, 0.15) is 51.4 Å². The summed E-state index contributed by atoms with van der Waals surface area (Å²) >= 11 is 0. The molecule has 0 unspecified atom stereocenters. The van der Waals surface area contributed by atoms with Gasteiger partial charge in [-0.2, -0.15) is 0 Å². The average Bonchev–Trinajstić information content (AvgIpc) is 2.38. The van der Waals surface area contributed by atoms with Crippen LogP contribution in [0.25, 0.3) is 0 Å². The largest absolute Gasteiger partial charge is 0.393 e. The molecule has 0 aromatic carbocycles. The van der Waals surface area contributed by atoms with Gasteiger partial charge in [0.1, 0.15) is 0 Å². The smallest absolute Gasteiger partial charge is 0.316 e. The normalized spacial score (nSPS) is 26.3. The van der Waals surface area contributed by atoms with E-state index in [2.05, 4.69) is 0 Å². The lowest BCUT2D eigenvalue weighted by atomic mass is 9.86. The lowest BCUT2D eigenvalue weighted by molar-refractivity contribution is -0.169. The number of hydrogen-bond acceptors (Lipinski definition) is 3. The summed E-state index contributed by atoms with van der Waals surface area (Å²) in [6.07, 6.45) is -1.62. The molecule has 0 N–H and O–H groups in total. The monoisotopic (exact) mass is 310 g/mol. The molecule has 0 aliphatic heterocycles. The van der Waals surface area contributed by atoms with Crippen LogP contribution in [0.15, 0.2) is 0 Å². The summed E-state index contributed by atoms with van der Waals surface area (Å²) in [4.78, 5) is 23.5. The minimum absolute atomic E-state index is 0.0121. The van der Waals surface area contributed by atoms with Crippen molar-refractivity contribution in [2.75, 3.05) is 0 Å². The highest BCUT2D eigenvalue weighted by Crippen LogP contribution is 2.38. The number of carbonyl (C=O) groups excluding carboxylic acids is 2. The molecule has 0 atom stereocenters. The Bertz CT molecular complexity index is 364. The predicted octanol–water partition coefficient (Wildman–Crippen LogP) is 3.71. The second-order valence-corrected chi connectivity index (χ2v) is 6.00. The number of ether oxygens (including phenoxy) is 1. The van der Waals surface area contributed by atoms with Crippen molar-refractivity contribution in [3.63, 3.8) is 0 Å². The Hall–Kier alpha value is -1.14. The molecule has 2 aliphatic carbocycles. The van der Waals surface area contributed by atoms with E-state index in [4.69, 9.17) is 4.74 Å². The number of rotatable bonds is 2. The Morgan fingerprint density at radius 2 is 1.00 bits per heavy atom. The number of hydrogen-bond donors (Lipinski definition) is 0. The van der Waals surface area contributed by atoms with Gasteiger partial charge in [0.15, 0.2) is 0 Å². The highest BCUT2D eigenvalue weighted by atomic mass is 19.3. The van der Waals surface area contributed by atoms with E-state index in [1.54, 1.807) is 0 Å². The standard InChI is InChI=1S/C14H18F4O3/c15-13(16)5-1-9(2-6-13)11(19)21-12(20)10-3-7-14(17,18)8-4-10/h9-10H,1-8H2. The van der Waals surface area contributed by atoms with Gasteiger partial charge in [0.25, 0.3) is 0 Å². The molecule has 0 radical (unpaired) electrons. The van der Waals surface area contributed by atoms with Gasteiger partial charge < -0.3 is 4.74 Å². The van der Waals surface area contributed by atoms with Gasteiger partial charge in [0.2, 0.25) is 11.8 Å². The van der Waals surface area contributed by atoms with E-state index in [1.165, 1.54) is 0 Å². The fourth-order valence-electron chi connectivity index (χ4n) is 2.82. The number of alkyl halides is 4. The first-order valence-electron chi connectivity index (χ1n) is 7.20. The topological polar surface area (TPSA) is 43.4 Å². The van der Waals surface area contributed by atoms with Crippen LogP contribution < -0.4 is 0 Å². The molecule has 3 nitrogen and oxygen atoms in total. The van der Waals surface area contributed by atoms with E-state index >= 15 is 0 Å². The summed E-state index contributed by atoms with van der Waals surface area (Å²) in [6, 6.07) is 0. The third kappa shape index (κ3) is 4.41. The molecule has 0 heterocycles. The van der Waals surface area contributed by atoms with Crippen molar-refractivity contribution in [3.05, 3.63) is 0 Å². The predicted molar refractivity (Wildman–Crippen MR) is 64.9 cm³/mol. The van der Waals surface area contributed by atoms with Gasteiger partial charge in [0.05, 0.1) is 11.8 Å². The maximum Gasteiger partial charge on any atom is 0.316 e. The first-order valence-corrected chi connectivity index (χ1v) is 7.20. The summed E-state index contributed by atoms with van der Waals surface area (Å²) in [5.41, 5.74) is 0. The van der Waals surface area contributed by atoms with Gasteiger partial charge in [-0.3, -0.25) is 9.59 Å². The Kier molecular flexibility index (Phi) is 4.58. The molecule has 0 saturated heterocycles. The van der Waals surface area contributed by atoms with E-state index in [0.29, 0.717) is 0 Å². The molecule has 0 amide bonds. The summed E-state index contributed by atoms with van der Waals surface area (Å²) in [7, 11) is 0. The maximum absolute atomic E-state index is 13.0. The van der Waals surface area contributed by atoms with Crippen molar-refractivity contribution < 1.29 is 31.9 Å². The first kappa shape index (κ1) is 16.2. The minimum Gasteiger partial charge on any atom is -0.393 e. The van der Waals surface area contributed by atoms with Crippen LogP contribution in [0.3, 0.4) is 0 Å². The van der Waals surface area contributed by atoms with Gasteiger partial charge in [-0.15, -0.1) is 0 Å². The highest BCUT2D eigenvalue weighted by molar-refractivity contribution is 5.88. The van der Waals surface area contributed by atoms with Crippen molar-refractivity contribution in [1.82, 2.24) is 0 Å². The third-order valence-corrected chi connectivity index (χ3v) is 4.30. The molecule has 0 aromatic heterocycles. The molecule has 2 rings (SSSR count). The van der Waals surface area contributed by atoms with E-state index < -0.39 is 61.3 Å². The Morgan fingerprint density at radius 3 is 1.29 bits per heavy atom. The molecular formula is C14H18F4O3. The van der Waals surface area contributed by atoms with Crippen molar-refractivity contribution in [3.8, 4) is 0 Å². The molecule has 120 valence electrons. The molecule has 0 spiro atoms. The van der Waals surface area contributed by atoms with Crippen LogP contribution in [0.5, 0.6) is 0 Å². The van der Waals surface area contributed by atoms with Crippen molar-refractivity contribution in [2.45, 2.75) is 63.2 Å². The first-order chi connectivity index (χ1) is 9.69. The minimum atomic E-state index is -2.75. The van der Waals surface area contributed by atoms with Gasteiger partial charge >= 0.3 is 11.9 Å². The zero-order chi connectivity index (χ0) is 15.7. The SMILES string of the molecule is O=C(OC(=O)C1CCC(F)(F)CC1)C1CCC(F)(F)CC1. The molecule has 2 fully saturated rings. The number of halogens is 4. The second kappa shape index (κ2) is 5.93. The Morgan fingerprint density at radius 1 is 0.714 bits per heavy atom. The molecule has 7 heteroatoms. The second-order valence-electron chi connectivity index (χ2n) is 6.00. The molecule has 0 bridgehead atoms. The Labute approximate surface area is 120 Å². The summed E-state index contributed by atoms with van der Waals surface area (Å²) < 4.78 is 56.6. The van der Waals surface area contributed by atoms with Crippen LogP contribution in [-0.4, -0.2) is 23.8 Å². The zero-order valence-electron chi connectivity index (χ0n) is 11.5. The molecule has 2 saturated carbocycles. The highest BCUT2D eigenvalue weighted by Gasteiger charge is 2.41. The van der Waals surface area contributed by atoms with Crippen LogP contribution in [-0.2, 0) is 14.3 Å². The van der Waals surface area contributed by atoms with E-state index in [0.717, 1.165) is 0 Å². The lowest BCUT2D eigenvalue weighted by Gasteiger charge is -2.28. The molecule has 2 aliphatic rings. The van der Waals surface area contributed by atoms with E-state index in [-0.39, 0.29) is 25.7 Å². The van der Waals surface area contributed by atoms with Crippen LogP contribution in [0.2, 0.25) is 0 Å². The Balaban J connectivity index is 1.79. The van der Waals surface area contributed by atoms with Gasteiger partial charge in [0, 0.05) is 25.7 Å². The average molecular weight is 310 g/mol. The van der Waals surface area contributed by atoms with Crippen LogP contribution in [0.4, 0.5) is 17.6 Å². The number of esters is 2. The lowest BCUT2D eigenvalue weighted by Crippen LogP contribution is -2.34. The summed E-state index contributed by atoms with van der Waals surface area (Å²) in [6.45, 7) is 0. The fraction of sp³-hybridized carbons (Fsp3) is 0.857. The van der Waals surface area contributed by atoms with E-state index in [1.807, 2.05) is 0 Å². The summed E-state index contributed by atoms with van der Waals surface area (Å²) in [5.74, 6) is -8.50. The quantitative estimate of drug-likeness (QED) is 0.444. The zero-order valence-corrected chi connectivity index (χ0v) is 11.5. The third-order valence-electron chi connectivity index (χ3n) is 4.30. The van der Waals surface area contributed by atoms with Crippen LogP contribution in [0, 0.1) is 11.8 Å². The van der Waals surface area contributed by atoms with Gasteiger partial charge in [-0.05, 0) is 25.7 Å². The van der Waals surface area contributed by atoms with Gasteiger partial charge in [-0.1, -0.05) is 0 Å². The number of carbonyl (C=O) groups is 2. The molecule has 21 heavy (non-hydrogen) atoms. The van der Waals surface area contributed by atoms with E-state index in [9.17, 15) is 27.2 Å². The molecular weight excluding hydrogens is 292 g/mol. The van der Waals surface area contributed by atoms with Crippen molar-refractivity contribution in [1.29, 1.82) is 0 Å². The summed E-state index contributed by atoms with van der Waals surface area (Å²) in [5, 5.41) is 0. The fourth-order valence-corrected chi connectivity index (χ4v) is 2.82. The van der Waals surface area contributed by atoms with Crippen molar-refractivity contribution in [2.24, 2.45) is 11.8 Å². The molecule has 0 aromatic rings. The van der Waals surface area contributed by atoms with Crippen LogP contribution >= 0.6 is 0 Å². The van der Waals surface area contributed by atoms with Crippen molar-refractivity contribution >= 4 is 11.9 Å². The van der Waals surface area contributed by atoms with Gasteiger partial charge in [-0.25, -0.2) is 17.6 Å².